The van der Waals surface area contributed by atoms with E-state index in [1.807, 2.05) is 0 Å². The van der Waals surface area contributed by atoms with Crippen LogP contribution in [0, 0.1) is 5.82 Å². The molecule has 2 aliphatic rings. The van der Waals surface area contributed by atoms with Crippen LogP contribution in [0.25, 0.3) is 0 Å². The maximum Gasteiger partial charge on any atom is 0.338 e. The second-order valence-electron chi connectivity index (χ2n) is 5.53. The van der Waals surface area contributed by atoms with E-state index in [4.69, 9.17) is 14.6 Å². The van der Waals surface area contributed by atoms with E-state index < -0.39 is 17.6 Å². The highest BCUT2D eigenvalue weighted by Gasteiger charge is 2.40. The molecule has 0 atom stereocenters. The number of aromatic carboxylic acids is 1. The lowest BCUT2D eigenvalue weighted by atomic mass is 9.90. The predicted molar refractivity (Wildman–Crippen MR) is 73.9 cm³/mol. The number of carboxylic acid groups (broad SMARTS) is 1. The fourth-order valence-electron chi connectivity index (χ4n) is 3.00. The zero-order valence-electron chi connectivity index (χ0n) is 11.6. The van der Waals surface area contributed by atoms with Crippen LogP contribution in [0.15, 0.2) is 18.2 Å². The van der Waals surface area contributed by atoms with Crippen LogP contribution in [-0.2, 0) is 9.47 Å². The minimum Gasteiger partial charge on any atom is -0.478 e. The topological polar surface area (TPSA) is 67.8 Å². The molecule has 2 fully saturated rings. The number of ether oxygens (including phenoxy) is 2. The van der Waals surface area contributed by atoms with E-state index >= 15 is 0 Å². The summed E-state index contributed by atoms with van der Waals surface area (Å²) >= 11 is 0. The van der Waals surface area contributed by atoms with Gasteiger partial charge in [-0.25, -0.2) is 9.18 Å². The molecule has 0 unspecified atom stereocenters. The molecule has 2 N–H and O–H groups in total. The first-order chi connectivity index (χ1) is 10.1. The Balaban J connectivity index is 1.63. The first kappa shape index (κ1) is 14.3. The van der Waals surface area contributed by atoms with Gasteiger partial charge in [0.05, 0.1) is 18.8 Å². The fourth-order valence-corrected chi connectivity index (χ4v) is 3.00. The molecule has 1 spiro atoms. The molecule has 1 aliphatic carbocycles. The molecule has 5 nitrogen and oxygen atoms in total. The van der Waals surface area contributed by atoms with E-state index in [0.717, 1.165) is 25.7 Å². The second-order valence-corrected chi connectivity index (χ2v) is 5.53. The van der Waals surface area contributed by atoms with Crippen molar-refractivity contribution in [1.29, 1.82) is 0 Å². The minimum absolute atomic E-state index is 0.218. The molecule has 1 saturated heterocycles. The highest BCUT2D eigenvalue weighted by molar-refractivity contribution is 5.89. The van der Waals surface area contributed by atoms with Crippen molar-refractivity contribution in [3.8, 4) is 0 Å². The Kier molecular flexibility index (Phi) is 3.82. The summed E-state index contributed by atoms with van der Waals surface area (Å²) in [6.07, 6.45) is 3.38. The van der Waals surface area contributed by atoms with Crippen LogP contribution in [0.2, 0.25) is 0 Å². The molecule has 0 bridgehead atoms. The van der Waals surface area contributed by atoms with Crippen LogP contribution in [0.5, 0.6) is 0 Å². The molecule has 1 aromatic carbocycles. The molecule has 114 valence electrons. The van der Waals surface area contributed by atoms with Crippen LogP contribution in [-0.4, -0.2) is 36.1 Å². The summed E-state index contributed by atoms with van der Waals surface area (Å²) in [6.45, 7) is 1.30. The summed E-state index contributed by atoms with van der Waals surface area (Å²) in [5.74, 6) is -2.39. The number of nitrogens with one attached hydrogen (secondary N) is 1. The van der Waals surface area contributed by atoms with E-state index in [1.54, 1.807) is 6.07 Å². The van der Waals surface area contributed by atoms with E-state index in [1.165, 1.54) is 12.1 Å². The number of carboxylic acids is 1. The normalized spacial score (nSPS) is 21.6. The maximum absolute atomic E-state index is 13.4. The van der Waals surface area contributed by atoms with Gasteiger partial charge in [0.2, 0.25) is 0 Å². The van der Waals surface area contributed by atoms with Gasteiger partial charge in [0.25, 0.3) is 0 Å². The summed E-state index contributed by atoms with van der Waals surface area (Å²) in [5, 5.41) is 12.2. The SMILES string of the molecule is O=C(O)c1cc(NC2CCC3(CC2)OCCO3)ccc1F. The summed E-state index contributed by atoms with van der Waals surface area (Å²) in [6, 6.07) is 4.30. The molecule has 0 radical (unpaired) electrons. The van der Waals surface area contributed by atoms with Gasteiger partial charge in [0, 0.05) is 24.6 Å². The molecule has 1 saturated carbocycles. The molecule has 0 aromatic heterocycles. The lowest BCUT2D eigenvalue weighted by Crippen LogP contribution is -2.39. The Labute approximate surface area is 122 Å². The van der Waals surface area contributed by atoms with Gasteiger partial charge in [-0.15, -0.1) is 0 Å². The highest BCUT2D eigenvalue weighted by Crippen LogP contribution is 2.36. The van der Waals surface area contributed by atoms with Crippen molar-refractivity contribution in [3.05, 3.63) is 29.6 Å². The lowest BCUT2D eigenvalue weighted by Gasteiger charge is -2.36. The third-order valence-corrected chi connectivity index (χ3v) is 4.13. The van der Waals surface area contributed by atoms with Crippen molar-refractivity contribution in [2.45, 2.75) is 37.5 Å². The third kappa shape index (κ3) is 3.01. The van der Waals surface area contributed by atoms with E-state index in [9.17, 15) is 9.18 Å². The molecule has 0 amide bonds. The average molecular weight is 295 g/mol. The standard InChI is InChI=1S/C15H18FNO4/c16-13-2-1-11(9-12(13)14(18)19)17-10-3-5-15(6-4-10)20-7-8-21-15/h1-2,9-10,17H,3-8H2,(H,18,19). The first-order valence-corrected chi connectivity index (χ1v) is 7.15. The van der Waals surface area contributed by atoms with Gasteiger partial charge >= 0.3 is 5.97 Å². The van der Waals surface area contributed by atoms with Crippen LogP contribution < -0.4 is 5.32 Å². The van der Waals surface area contributed by atoms with Gasteiger partial charge in [0.15, 0.2) is 5.79 Å². The average Bonchev–Trinajstić information content (AvgIpc) is 2.92. The van der Waals surface area contributed by atoms with Gasteiger partial charge in [-0.1, -0.05) is 0 Å². The van der Waals surface area contributed by atoms with Crippen molar-refractivity contribution in [2.24, 2.45) is 0 Å². The molecule has 3 rings (SSSR count). The van der Waals surface area contributed by atoms with Gasteiger partial charge < -0.3 is 19.9 Å². The Morgan fingerprint density at radius 1 is 1.29 bits per heavy atom. The molecule has 1 heterocycles. The lowest BCUT2D eigenvalue weighted by molar-refractivity contribution is -0.177. The summed E-state index contributed by atoms with van der Waals surface area (Å²) in [7, 11) is 0. The van der Waals surface area contributed by atoms with Gasteiger partial charge in [-0.3, -0.25) is 0 Å². The summed E-state index contributed by atoms with van der Waals surface area (Å²) < 4.78 is 24.7. The Morgan fingerprint density at radius 3 is 2.57 bits per heavy atom. The maximum atomic E-state index is 13.4. The highest BCUT2D eigenvalue weighted by atomic mass is 19.1. The van der Waals surface area contributed by atoms with Crippen LogP contribution >= 0.6 is 0 Å². The second kappa shape index (κ2) is 5.61. The Hall–Kier alpha value is -1.66. The number of benzene rings is 1. The molecular formula is C15H18FNO4. The molecule has 1 aliphatic heterocycles. The number of anilines is 1. The smallest absolute Gasteiger partial charge is 0.338 e. The predicted octanol–water partition coefficient (Wildman–Crippen LogP) is 2.62. The largest absolute Gasteiger partial charge is 0.478 e. The number of rotatable bonds is 3. The quantitative estimate of drug-likeness (QED) is 0.897. The molecular weight excluding hydrogens is 277 g/mol. The fraction of sp³-hybridized carbons (Fsp3) is 0.533. The number of hydrogen-bond donors (Lipinski definition) is 2. The molecule has 21 heavy (non-hydrogen) atoms. The minimum atomic E-state index is -1.26. The van der Waals surface area contributed by atoms with Crippen molar-refractivity contribution in [1.82, 2.24) is 0 Å². The monoisotopic (exact) mass is 295 g/mol. The summed E-state index contributed by atoms with van der Waals surface area (Å²) in [4.78, 5) is 10.9. The van der Waals surface area contributed by atoms with Crippen LogP contribution in [0.4, 0.5) is 10.1 Å². The number of halogens is 1. The van der Waals surface area contributed by atoms with Crippen molar-refractivity contribution < 1.29 is 23.8 Å². The third-order valence-electron chi connectivity index (χ3n) is 4.13. The Morgan fingerprint density at radius 2 is 1.95 bits per heavy atom. The number of hydrogen-bond acceptors (Lipinski definition) is 4. The van der Waals surface area contributed by atoms with Crippen molar-refractivity contribution in [2.75, 3.05) is 18.5 Å². The zero-order chi connectivity index (χ0) is 14.9. The van der Waals surface area contributed by atoms with E-state index in [0.29, 0.717) is 18.9 Å². The molecule has 1 aromatic rings. The van der Waals surface area contributed by atoms with Gasteiger partial charge in [-0.2, -0.15) is 0 Å². The summed E-state index contributed by atoms with van der Waals surface area (Å²) in [5.41, 5.74) is 0.317. The van der Waals surface area contributed by atoms with Gasteiger partial charge in [-0.05, 0) is 31.0 Å². The van der Waals surface area contributed by atoms with Crippen molar-refractivity contribution >= 4 is 11.7 Å². The van der Waals surface area contributed by atoms with Crippen LogP contribution in [0.1, 0.15) is 36.0 Å². The van der Waals surface area contributed by atoms with Gasteiger partial charge in [0.1, 0.15) is 5.82 Å². The van der Waals surface area contributed by atoms with E-state index in [-0.39, 0.29) is 11.6 Å². The van der Waals surface area contributed by atoms with E-state index in [2.05, 4.69) is 5.32 Å². The number of carbonyl (C=O) groups is 1. The van der Waals surface area contributed by atoms with Crippen molar-refractivity contribution in [3.63, 3.8) is 0 Å². The molecule has 6 heteroatoms. The van der Waals surface area contributed by atoms with Crippen LogP contribution in [0.3, 0.4) is 0 Å². The first-order valence-electron chi connectivity index (χ1n) is 7.15. The zero-order valence-corrected chi connectivity index (χ0v) is 11.6. The Bertz CT molecular complexity index is 532.